The van der Waals surface area contributed by atoms with Gasteiger partial charge in [-0.1, -0.05) is 12.5 Å². The van der Waals surface area contributed by atoms with E-state index in [1.807, 2.05) is 18.2 Å². The van der Waals surface area contributed by atoms with E-state index >= 15 is 0 Å². The summed E-state index contributed by atoms with van der Waals surface area (Å²) in [6.45, 7) is 2.36. The number of nitrogens with one attached hydrogen (secondary N) is 1. The van der Waals surface area contributed by atoms with Crippen LogP contribution < -0.4 is 14.8 Å². The SMILES string of the molecule is OC(c1ccc2c(c1)OCCCO2)C1CCCCN1. The zero-order valence-electron chi connectivity index (χ0n) is 11.1. The zero-order chi connectivity index (χ0) is 13.1. The molecule has 2 unspecified atom stereocenters. The third kappa shape index (κ3) is 2.85. The molecule has 0 amide bonds. The number of aliphatic hydroxyl groups is 1. The van der Waals surface area contributed by atoms with Crippen molar-refractivity contribution in [3.63, 3.8) is 0 Å². The summed E-state index contributed by atoms with van der Waals surface area (Å²) in [5.74, 6) is 1.54. The summed E-state index contributed by atoms with van der Waals surface area (Å²) in [7, 11) is 0. The molecule has 2 heterocycles. The smallest absolute Gasteiger partial charge is 0.161 e. The van der Waals surface area contributed by atoms with Crippen molar-refractivity contribution in [1.82, 2.24) is 5.32 Å². The van der Waals surface area contributed by atoms with Gasteiger partial charge >= 0.3 is 0 Å². The van der Waals surface area contributed by atoms with E-state index < -0.39 is 6.10 Å². The van der Waals surface area contributed by atoms with Crippen LogP contribution in [0.15, 0.2) is 18.2 Å². The summed E-state index contributed by atoms with van der Waals surface area (Å²) < 4.78 is 11.3. The number of rotatable bonds is 2. The molecule has 1 fully saturated rings. The average molecular weight is 263 g/mol. The normalized spacial score (nSPS) is 24.6. The van der Waals surface area contributed by atoms with E-state index in [4.69, 9.17) is 9.47 Å². The van der Waals surface area contributed by atoms with E-state index in [1.165, 1.54) is 12.8 Å². The quantitative estimate of drug-likeness (QED) is 0.857. The van der Waals surface area contributed by atoms with Crippen LogP contribution in [-0.2, 0) is 0 Å². The maximum Gasteiger partial charge on any atom is 0.161 e. The number of benzene rings is 1. The number of hydrogen-bond donors (Lipinski definition) is 2. The minimum atomic E-state index is -0.475. The molecule has 19 heavy (non-hydrogen) atoms. The van der Waals surface area contributed by atoms with Crippen molar-refractivity contribution in [2.75, 3.05) is 19.8 Å². The summed E-state index contributed by atoms with van der Waals surface area (Å²) in [6, 6.07) is 5.91. The van der Waals surface area contributed by atoms with E-state index in [2.05, 4.69) is 5.32 Å². The lowest BCUT2D eigenvalue weighted by molar-refractivity contribution is 0.113. The maximum absolute atomic E-state index is 10.5. The van der Waals surface area contributed by atoms with E-state index in [0.29, 0.717) is 13.2 Å². The van der Waals surface area contributed by atoms with Gasteiger partial charge in [0.2, 0.25) is 0 Å². The lowest BCUT2D eigenvalue weighted by Crippen LogP contribution is -2.38. The molecule has 0 bridgehead atoms. The van der Waals surface area contributed by atoms with Gasteiger partial charge in [-0.3, -0.25) is 0 Å². The summed E-state index contributed by atoms with van der Waals surface area (Å²) in [4.78, 5) is 0. The Morgan fingerprint density at radius 1 is 1.11 bits per heavy atom. The van der Waals surface area contributed by atoms with Gasteiger partial charge in [0, 0.05) is 12.5 Å². The van der Waals surface area contributed by atoms with E-state index in [-0.39, 0.29) is 6.04 Å². The highest BCUT2D eigenvalue weighted by molar-refractivity contribution is 5.44. The molecule has 2 atom stereocenters. The number of ether oxygens (including phenoxy) is 2. The molecule has 2 aliphatic heterocycles. The van der Waals surface area contributed by atoms with Gasteiger partial charge in [-0.05, 0) is 37.1 Å². The fourth-order valence-corrected chi connectivity index (χ4v) is 2.74. The molecule has 2 N–H and O–H groups in total. The Morgan fingerprint density at radius 3 is 2.74 bits per heavy atom. The molecule has 0 saturated carbocycles. The molecule has 104 valence electrons. The second kappa shape index (κ2) is 5.80. The maximum atomic E-state index is 10.5. The highest BCUT2D eigenvalue weighted by Gasteiger charge is 2.24. The van der Waals surface area contributed by atoms with Crippen molar-refractivity contribution < 1.29 is 14.6 Å². The van der Waals surface area contributed by atoms with Crippen LogP contribution in [0.4, 0.5) is 0 Å². The van der Waals surface area contributed by atoms with Gasteiger partial charge in [-0.25, -0.2) is 0 Å². The largest absolute Gasteiger partial charge is 0.490 e. The van der Waals surface area contributed by atoms with Crippen molar-refractivity contribution in [2.24, 2.45) is 0 Å². The zero-order valence-corrected chi connectivity index (χ0v) is 11.1. The summed E-state index contributed by atoms with van der Waals surface area (Å²) in [5.41, 5.74) is 0.906. The molecule has 1 aromatic rings. The van der Waals surface area contributed by atoms with Crippen LogP contribution in [0, 0.1) is 0 Å². The molecule has 3 rings (SSSR count). The molecular weight excluding hydrogens is 242 g/mol. The number of piperidine rings is 1. The number of hydrogen-bond acceptors (Lipinski definition) is 4. The van der Waals surface area contributed by atoms with Crippen LogP contribution >= 0.6 is 0 Å². The fourth-order valence-electron chi connectivity index (χ4n) is 2.74. The van der Waals surface area contributed by atoms with Gasteiger partial charge in [-0.15, -0.1) is 0 Å². The standard InChI is InChI=1S/C15H21NO3/c17-15(12-4-1-2-7-16-12)11-5-6-13-14(10-11)19-9-3-8-18-13/h5-6,10,12,15-17H,1-4,7-9H2. The second-order valence-corrected chi connectivity index (χ2v) is 5.26. The van der Waals surface area contributed by atoms with Crippen LogP contribution in [0.2, 0.25) is 0 Å². The van der Waals surface area contributed by atoms with Crippen molar-refractivity contribution in [2.45, 2.75) is 37.8 Å². The average Bonchev–Trinajstić information content (AvgIpc) is 2.72. The third-order valence-corrected chi connectivity index (χ3v) is 3.84. The molecule has 4 nitrogen and oxygen atoms in total. The van der Waals surface area contributed by atoms with Gasteiger partial charge in [0.1, 0.15) is 0 Å². The Balaban J connectivity index is 1.78. The molecule has 0 aliphatic carbocycles. The molecular formula is C15H21NO3. The number of aliphatic hydroxyl groups excluding tert-OH is 1. The van der Waals surface area contributed by atoms with Crippen LogP contribution in [0.1, 0.15) is 37.4 Å². The van der Waals surface area contributed by atoms with Gasteiger partial charge in [0.25, 0.3) is 0 Å². The monoisotopic (exact) mass is 263 g/mol. The Hall–Kier alpha value is -1.26. The Morgan fingerprint density at radius 2 is 1.95 bits per heavy atom. The van der Waals surface area contributed by atoms with Crippen molar-refractivity contribution in [3.8, 4) is 11.5 Å². The fraction of sp³-hybridized carbons (Fsp3) is 0.600. The first-order chi connectivity index (χ1) is 9.34. The molecule has 2 aliphatic rings. The predicted octanol–water partition coefficient (Wildman–Crippen LogP) is 2.02. The molecule has 1 aromatic carbocycles. The first kappa shape index (κ1) is 12.8. The van der Waals surface area contributed by atoms with E-state index in [1.54, 1.807) is 0 Å². The van der Waals surface area contributed by atoms with Gasteiger partial charge in [0.05, 0.1) is 19.3 Å². The highest BCUT2D eigenvalue weighted by atomic mass is 16.5. The van der Waals surface area contributed by atoms with Crippen LogP contribution in [-0.4, -0.2) is 30.9 Å². The summed E-state index contributed by atoms with van der Waals surface area (Å²) >= 11 is 0. The van der Waals surface area contributed by atoms with Gasteiger partial charge in [-0.2, -0.15) is 0 Å². The topological polar surface area (TPSA) is 50.7 Å². The molecule has 0 radical (unpaired) electrons. The van der Waals surface area contributed by atoms with Crippen molar-refractivity contribution in [1.29, 1.82) is 0 Å². The Kier molecular flexibility index (Phi) is 3.89. The molecule has 0 aromatic heterocycles. The lowest BCUT2D eigenvalue weighted by atomic mass is 9.95. The molecule has 1 saturated heterocycles. The summed E-state index contributed by atoms with van der Waals surface area (Å²) in [6.07, 6.45) is 3.83. The highest BCUT2D eigenvalue weighted by Crippen LogP contribution is 2.33. The van der Waals surface area contributed by atoms with Crippen molar-refractivity contribution in [3.05, 3.63) is 23.8 Å². The summed E-state index contributed by atoms with van der Waals surface area (Å²) in [5, 5.41) is 13.8. The first-order valence-electron chi connectivity index (χ1n) is 7.15. The van der Waals surface area contributed by atoms with Gasteiger partial charge < -0.3 is 19.9 Å². The van der Waals surface area contributed by atoms with E-state index in [0.717, 1.165) is 36.4 Å². The minimum Gasteiger partial charge on any atom is -0.490 e. The molecule has 0 spiro atoms. The Bertz CT molecular complexity index is 429. The van der Waals surface area contributed by atoms with Gasteiger partial charge in [0.15, 0.2) is 11.5 Å². The number of fused-ring (bicyclic) bond motifs is 1. The Labute approximate surface area is 113 Å². The molecule has 4 heteroatoms. The van der Waals surface area contributed by atoms with E-state index in [9.17, 15) is 5.11 Å². The second-order valence-electron chi connectivity index (χ2n) is 5.26. The predicted molar refractivity (Wildman–Crippen MR) is 72.7 cm³/mol. The van der Waals surface area contributed by atoms with Crippen LogP contribution in [0.5, 0.6) is 11.5 Å². The van der Waals surface area contributed by atoms with Crippen LogP contribution in [0.25, 0.3) is 0 Å². The minimum absolute atomic E-state index is 0.151. The lowest BCUT2D eigenvalue weighted by Gasteiger charge is -2.28. The van der Waals surface area contributed by atoms with Crippen LogP contribution in [0.3, 0.4) is 0 Å². The third-order valence-electron chi connectivity index (χ3n) is 3.84. The first-order valence-corrected chi connectivity index (χ1v) is 7.15. The van der Waals surface area contributed by atoms with Crippen molar-refractivity contribution >= 4 is 0 Å².